The van der Waals surface area contributed by atoms with Gasteiger partial charge in [-0.05, 0) is 25.8 Å². The third kappa shape index (κ3) is 1.43. The zero-order chi connectivity index (χ0) is 11.0. The topological polar surface area (TPSA) is 53.6 Å². The maximum absolute atomic E-state index is 9.10. The quantitative estimate of drug-likeness (QED) is 0.774. The number of aromatic nitrogens is 2. The predicted molar refractivity (Wildman–Crippen MR) is 59.9 cm³/mol. The maximum Gasteiger partial charge on any atom is 0.166 e. The summed E-state index contributed by atoms with van der Waals surface area (Å²) in [4.78, 5) is 0. The summed E-state index contributed by atoms with van der Waals surface area (Å²) in [6.07, 6.45) is 5.99. The molecule has 0 saturated heterocycles. The van der Waals surface area contributed by atoms with Crippen LogP contribution in [0.25, 0.3) is 0 Å². The lowest BCUT2D eigenvalue weighted by atomic mass is 10.1. The summed E-state index contributed by atoms with van der Waals surface area (Å²) in [5, 5.41) is 17.0. The van der Waals surface area contributed by atoms with Crippen molar-refractivity contribution < 1.29 is 0 Å². The number of hydrogen-bond donors (Lipinski definition) is 1. The Hall–Kier alpha value is -1.34. The second-order valence-electron chi connectivity index (χ2n) is 4.70. The Morgan fingerprint density at radius 3 is 2.94 bits per heavy atom. The smallest absolute Gasteiger partial charge is 0.166 e. The molecule has 4 heteroatoms. The number of hydrogen-bond acceptors (Lipinski definition) is 3. The van der Waals surface area contributed by atoms with E-state index in [4.69, 9.17) is 5.26 Å². The number of nitrogens with one attached hydrogen (secondary N) is 1. The first-order chi connectivity index (χ1) is 7.90. The molecule has 16 heavy (non-hydrogen) atoms. The van der Waals surface area contributed by atoms with Gasteiger partial charge < -0.3 is 5.32 Å². The van der Waals surface area contributed by atoms with Gasteiger partial charge in [0.2, 0.25) is 0 Å². The third-order valence-corrected chi connectivity index (χ3v) is 3.74. The van der Waals surface area contributed by atoms with E-state index in [9.17, 15) is 0 Å². The van der Waals surface area contributed by atoms with Crippen LogP contribution in [0.15, 0.2) is 0 Å². The third-order valence-electron chi connectivity index (χ3n) is 3.74. The van der Waals surface area contributed by atoms with Crippen molar-refractivity contribution >= 4 is 0 Å². The largest absolute Gasteiger partial charge is 0.311 e. The molecule has 1 aromatic rings. The molecule has 1 aliphatic heterocycles. The van der Waals surface area contributed by atoms with Crippen LogP contribution in [0.2, 0.25) is 0 Å². The molecule has 0 atom stereocenters. The molecular weight excluding hydrogens is 200 g/mol. The van der Waals surface area contributed by atoms with Crippen LogP contribution < -0.4 is 5.32 Å². The fourth-order valence-corrected chi connectivity index (χ4v) is 2.91. The van der Waals surface area contributed by atoms with Gasteiger partial charge in [-0.2, -0.15) is 10.4 Å². The van der Waals surface area contributed by atoms with Crippen LogP contribution in [0.5, 0.6) is 0 Å². The summed E-state index contributed by atoms with van der Waals surface area (Å²) in [6.45, 7) is 1.85. The van der Waals surface area contributed by atoms with E-state index in [2.05, 4.69) is 21.2 Å². The summed E-state index contributed by atoms with van der Waals surface area (Å²) in [7, 11) is 0. The van der Waals surface area contributed by atoms with E-state index >= 15 is 0 Å². The highest BCUT2D eigenvalue weighted by molar-refractivity contribution is 5.37. The molecule has 0 aromatic carbocycles. The van der Waals surface area contributed by atoms with Gasteiger partial charge >= 0.3 is 0 Å². The second kappa shape index (κ2) is 3.91. The maximum atomic E-state index is 9.10. The normalized spacial score (nSPS) is 20.7. The van der Waals surface area contributed by atoms with Crippen LogP contribution in [-0.4, -0.2) is 16.3 Å². The lowest BCUT2D eigenvalue weighted by Crippen LogP contribution is -2.26. The van der Waals surface area contributed by atoms with E-state index in [-0.39, 0.29) is 0 Å². The molecule has 0 amide bonds. The van der Waals surface area contributed by atoms with Gasteiger partial charge in [0.15, 0.2) is 5.69 Å². The highest BCUT2D eigenvalue weighted by Gasteiger charge is 2.26. The average molecular weight is 216 g/mol. The second-order valence-corrected chi connectivity index (χ2v) is 4.70. The summed E-state index contributed by atoms with van der Waals surface area (Å²) < 4.78 is 2.13. The molecule has 0 bridgehead atoms. The average Bonchev–Trinajstić information content (AvgIpc) is 2.95. The molecule has 1 aliphatic carbocycles. The molecule has 3 rings (SSSR count). The molecule has 0 radical (unpaired) electrons. The first-order valence-corrected chi connectivity index (χ1v) is 6.11. The van der Waals surface area contributed by atoms with Crippen LogP contribution in [0, 0.1) is 11.3 Å². The summed E-state index contributed by atoms with van der Waals surface area (Å²) >= 11 is 0. The van der Waals surface area contributed by atoms with Crippen molar-refractivity contribution in [2.45, 2.75) is 44.7 Å². The van der Waals surface area contributed by atoms with E-state index in [1.54, 1.807) is 0 Å². The van der Waals surface area contributed by atoms with Gasteiger partial charge in [0.05, 0.1) is 11.7 Å². The lowest BCUT2D eigenvalue weighted by Gasteiger charge is -2.18. The molecule has 1 aromatic heterocycles. The van der Waals surface area contributed by atoms with Crippen molar-refractivity contribution in [3.05, 3.63) is 17.0 Å². The molecule has 84 valence electrons. The van der Waals surface area contributed by atoms with Crippen molar-refractivity contribution in [3.8, 4) is 6.07 Å². The van der Waals surface area contributed by atoms with Crippen LogP contribution >= 0.6 is 0 Å². The van der Waals surface area contributed by atoms with E-state index in [0.717, 1.165) is 19.5 Å². The van der Waals surface area contributed by atoms with Crippen molar-refractivity contribution in [1.29, 1.82) is 5.26 Å². The van der Waals surface area contributed by atoms with Crippen LogP contribution in [0.3, 0.4) is 0 Å². The van der Waals surface area contributed by atoms with Crippen molar-refractivity contribution in [2.75, 3.05) is 6.54 Å². The fraction of sp³-hybridized carbons (Fsp3) is 0.667. The highest BCUT2D eigenvalue weighted by atomic mass is 15.3. The van der Waals surface area contributed by atoms with Crippen LogP contribution in [-0.2, 0) is 13.0 Å². The Kier molecular flexibility index (Phi) is 2.41. The molecule has 0 spiro atoms. The van der Waals surface area contributed by atoms with E-state index in [1.165, 1.54) is 36.9 Å². The minimum atomic E-state index is 0.538. The van der Waals surface area contributed by atoms with Gasteiger partial charge in [-0.3, -0.25) is 4.68 Å². The fourth-order valence-electron chi connectivity index (χ4n) is 2.91. The minimum Gasteiger partial charge on any atom is -0.311 e. The summed E-state index contributed by atoms with van der Waals surface area (Å²) in [5.41, 5.74) is 3.10. The van der Waals surface area contributed by atoms with Gasteiger partial charge in [-0.15, -0.1) is 0 Å². The summed E-state index contributed by atoms with van der Waals surface area (Å²) in [5.74, 6) is 0. The Morgan fingerprint density at radius 1 is 1.38 bits per heavy atom. The molecule has 1 saturated carbocycles. The first kappa shape index (κ1) is 9.86. The van der Waals surface area contributed by atoms with Crippen molar-refractivity contribution in [2.24, 2.45) is 0 Å². The van der Waals surface area contributed by atoms with E-state index in [1.807, 2.05) is 0 Å². The van der Waals surface area contributed by atoms with Crippen LogP contribution in [0.1, 0.15) is 48.7 Å². The highest BCUT2D eigenvalue weighted by Crippen LogP contribution is 2.32. The SMILES string of the molecule is N#Cc1nn(C2CCCC2)c2c1CCNC2. The van der Waals surface area contributed by atoms with Gasteiger partial charge in [-0.25, -0.2) is 0 Å². The van der Waals surface area contributed by atoms with E-state index in [0.29, 0.717) is 11.7 Å². The molecule has 1 fully saturated rings. The first-order valence-electron chi connectivity index (χ1n) is 6.11. The zero-order valence-electron chi connectivity index (χ0n) is 9.37. The predicted octanol–water partition coefficient (Wildman–Crippen LogP) is 1.52. The van der Waals surface area contributed by atoms with Gasteiger partial charge in [0.1, 0.15) is 6.07 Å². The Balaban J connectivity index is 2.04. The Labute approximate surface area is 95.3 Å². The Morgan fingerprint density at radius 2 is 2.19 bits per heavy atom. The lowest BCUT2D eigenvalue weighted by molar-refractivity contribution is 0.436. The Bertz CT molecular complexity index is 435. The molecule has 0 unspecified atom stereocenters. The van der Waals surface area contributed by atoms with Gasteiger partial charge in [0.25, 0.3) is 0 Å². The summed E-state index contributed by atoms with van der Waals surface area (Å²) in [6, 6.07) is 2.78. The molecule has 4 nitrogen and oxygen atoms in total. The number of rotatable bonds is 1. The number of nitriles is 1. The van der Waals surface area contributed by atoms with E-state index < -0.39 is 0 Å². The molecule has 2 heterocycles. The number of fused-ring (bicyclic) bond motifs is 1. The molecule has 2 aliphatic rings. The zero-order valence-corrected chi connectivity index (χ0v) is 9.37. The van der Waals surface area contributed by atoms with Crippen LogP contribution in [0.4, 0.5) is 0 Å². The van der Waals surface area contributed by atoms with Gasteiger partial charge in [0, 0.05) is 12.1 Å². The number of nitrogens with zero attached hydrogens (tertiary/aromatic N) is 3. The van der Waals surface area contributed by atoms with Crippen molar-refractivity contribution in [1.82, 2.24) is 15.1 Å². The van der Waals surface area contributed by atoms with Crippen molar-refractivity contribution in [3.63, 3.8) is 0 Å². The van der Waals surface area contributed by atoms with Gasteiger partial charge in [-0.1, -0.05) is 12.8 Å². The molecular formula is C12H16N4. The molecule has 1 N–H and O–H groups in total. The monoisotopic (exact) mass is 216 g/mol. The standard InChI is InChI=1S/C12H16N4/c13-7-11-10-5-6-14-8-12(10)16(15-11)9-3-1-2-4-9/h9,14H,1-6,8H2. The minimum absolute atomic E-state index is 0.538.